The van der Waals surface area contributed by atoms with Gasteiger partial charge in [-0.3, -0.25) is 0 Å². The molecule has 1 aromatic carbocycles. The van der Waals surface area contributed by atoms with Crippen LogP contribution < -0.4 is 0 Å². The first-order valence-electron chi connectivity index (χ1n) is 6.91. The Morgan fingerprint density at radius 1 is 1.10 bits per heavy atom. The molecule has 4 heteroatoms. The Balaban J connectivity index is 2.03. The van der Waals surface area contributed by atoms with Crippen LogP contribution in [-0.4, -0.2) is 9.97 Å². The Labute approximate surface area is 122 Å². The van der Waals surface area contributed by atoms with Crippen molar-refractivity contribution >= 4 is 22.4 Å². The van der Waals surface area contributed by atoms with E-state index in [0.29, 0.717) is 17.7 Å². The van der Waals surface area contributed by atoms with Crippen LogP contribution in [0, 0.1) is 0 Å². The monoisotopic (exact) mass is 286 g/mol. The molecule has 0 N–H and O–H groups in total. The molecule has 0 spiro atoms. The van der Waals surface area contributed by atoms with Crippen LogP contribution in [0.4, 0.5) is 0 Å². The highest BCUT2D eigenvalue weighted by atomic mass is 32.1. The Bertz CT molecular complexity index is 740. The predicted octanol–water partition coefficient (Wildman–Crippen LogP) is 5.20. The van der Waals surface area contributed by atoms with E-state index in [2.05, 4.69) is 49.8 Å². The van der Waals surface area contributed by atoms with Crippen LogP contribution in [0.25, 0.3) is 21.9 Å². The van der Waals surface area contributed by atoms with E-state index in [0.717, 1.165) is 21.0 Å². The molecule has 2 aromatic heterocycles. The lowest BCUT2D eigenvalue weighted by Crippen LogP contribution is -1.85. The number of rotatable bonds is 3. The van der Waals surface area contributed by atoms with Gasteiger partial charge in [0.05, 0.1) is 11.2 Å². The molecule has 0 aliphatic rings. The number of nitrogens with zero attached hydrogens (tertiary/aromatic N) is 2. The fourth-order valence-electron chi connectivity index (χ4n) is 2.06. The molecule has 0 aliphatic heterocycles. The first kappa shape index (κ1) is 13.3. The molecule has 20 heavy (non-hydrogen) atoms. The van der Waals surface area contributed by atoms with Crippen molar-refractivity contribution < 1.29 is 4.42 Å². The molecule has 2 heterocycles. The third-order valence-corrected chi connectivity index (χ3v) is 4.59. The van der Waals surface area contributed by atoms with Crippen LogP contribution >= 0.6 is 11.3 Å². The molecular weight excluding hydrogens is 268 g/mol. The lowest BCUT2D eigenvalue weighted by Gasteiger charge is -2.02. The zero-order chi connectivity index (χ0) is 14.3. The number of hydrogen-bond acceptors (Lipinski definition) is 4. The number of fused-ring (bicyclic) bond motifs is 1. The van der Waals surface area contributed by atoms with Crippen LogP contribution in [0.2, 0.25) is 0 Å². The summed E-state index contributed by atoms with van der Waals surface area (Å²) in [6.45, 7) is 8.64. The zero-order valence-electron chi connectivity index (χ0n) is 12.2. The minimum atomic E-state index is 0.436. The predicted molar refractivity (Wildman–Crippen MR) is 83.3 cm³/mol. The van der Waals surface area contributed by atoms with E-state index in [1.54, 1.807) is 11.3 Å². The normalized spacial score (nSPS) is 11.9. The van der Waals surface area contributed by atoms with Gasteiger partial charge >= 0.3 is 0 Å². The van der Waals surface area contributed by atoms with Gasteiger partial charge in [0.1, 0.15) is 10.4 Å². The van der Waals surface area contributed by atoms with Crippen molar-refractivity contribution in [3.8, 4) is 10.8 Å². The summed E-state index contributed by atoms with van der Waals surface area (Å²) in [5.41, 5.74) is 3.03. The molecule has 3 aromatic rings. The maximum atomic E-state index is 5.90. The first-order valence-corrected chi connectivity index (χ1v) is 7.73. The molecule has 0 radical (unpaired) electrons. The smallest absolute Gasteiger partial charge is 0.239 e. The van der Waals surface area contributed by atoms with E-state index in [1.165, 1.54) is 5.56 Å². The third-order valence-electron chi connectivity index (χ3n) is 3.31. The van der Waals surface area contributed by atoms with Gasteiger partial charge in [0.25, 0.3) is 0 Å². The number of aromatic nitrogens is 2. The van der Waals surface area contributed by atoms with Crippen LogP contribution in [0.5, 0.6) is 0 Å². The van der Waals surface area contributed by atoms with Gasteiger partial charge in [-0.1, -0.05) is 33.8 Å². The highest BCUT2D eigenvalue weighted by Gasteiger charge is 2.14. The van der Waals surface area contributed by atoms with Crippen LogP contribution in [-0.2, 0) is 0 Å². The number of benzene rings is 1. The summed E-state index contributed by atoms with van der Waals surface area (Å²) in [6, 6.07) is 6.23. The third kappa shape index (κ3) is 2.36. The van der Waals surface area contributed by atoms with Gasteiger partial charge < -0.3 is 4.42 Å². The van der Waals surface area contributed by atoms with Crippen molar-refractivity contribution in [1.82, 2.24) is 9.97 Å². The maximum Gasteiger partial charge on any atom is 0.239 e. The SMILES string of the molecule is CC(C)c1ccc2nc(-c3cnc(C(C)C)s3)oc2c1. The molecule has 3 nitrogen and oxygen atoms in total. The van der Waals surface area contributed by atoms with Gasteiger partial charge in [-0.25, -0.2) is 9.97 Å². The molecule has 0 amide bonds. The fraction of sp³-hybridized carbons (Fsp3) is 0.375. The van der Waals surface area contributed by atoms with Crippen molar-refractivity contribution in [2.45, 2.75) is 39.5 Å². The summed E-state index contributed by atoms with van der Waals surface area (Å²) in [7, 11) is 0. The van der Waals surface area contributed by atoms with E-state index in [4.69, 9.17) is 4.42 Å². The van der Waals surface area contributed by atoms with Crippen molar-refractivity contribution in [2.75, 3.05) is 0 Å². The highest BCUT2D eigenvalue weighted by molar-refractivity contribution is 7.15. The number of hydrogen-bond donors (Lipinski definition) is 0. The summed E-state index contributed by atoms with van der Waals surface area (Å²) in [5, 5.41) is 1.12. The van der Waals surface area contributed by atoms with Crippen LogP contribution in [0.3, 0.4) is 0 Å². The van der Waals surface area contributed by atoms with Crippen molar-refractivity contribution in [3.05, 3.63) is 35.0 Å². The average molecular weight is 286 g/mol. The molecule has 0 fully saturated rings. The quantitative estimate of drug-likeness (QED) is 0.664. The summed E-state index contributed by atoms with van der Waals surface area (Å²) in [4.78, 5) is 9.98. The Kier molecular flexibility index (Phi) is 3.34. The molecule has 104 valence electrons. The zero-order valence-corrected chi connectivity index (χ0v) is 13.0. The number of thiazole rings is 1. The van der Waals surface area contributed by atoms with Crippen LogP contribution in [0.15, 0.2) is 28.8 Å². The second-order valence-corrected chi connectivity index (χ2v) is 6.68. The van der Waals surface area contributed by atoms with Gasteiger partial charge in [0.15, 0.2) is 5.58 Å². The summed E-state index contributed by atoms with van der Waals surface area (Å²) in [6.07, 6.45) is 1.86. The minimum Gasteiger partial charge on any atom is -0.435 e. The summed E-state index contributed by atoms with van der Waals surface area (Å²) >= 11 is 1.65. The van der Waals surface area contributed by atoms with Gasteiger partial charge in [0, 0.05) is 5.92 Å². The molecule has 0 aliphatic carbocycles. The Morgan fingerprint density at radius 2 is 1.90 bits per heavy atom. The molecule has 0 unspecified atom stereocenters. The van der Waals surface area contributed by atoms with E-state index < -0.39 is 0 Å². The standard InChI is InChI=1S/C16H18N2OS/c1-9(2)11-5-6-12-13(7-11)19-15(18-12)14-8-17-16(20-14)10(3)4/h5-10H,1-4H3. The molecule has 3 rings (SSSR count). The van der Waals surface area contributed by atoms with Crippen molar-refractivity contribution in [1.29, 1.82) is 0 Å². The van der Waals surface area contributed by atoms with Crippen molar-refractivity contribution in [2.24, 2.45) is 0 Å². The summed E-state index contributed by atoms with van der Waals surface area (Å²) < 4.78 is 5.90. The van der Waals surface area contributed by atoms with E-state index >= 15 is 0 Å². The van der Waals surface area contributed by atoms with Crippen LogP contribution in [0.1, 0.15) is 50.1 Å². The van der Waals surface area contributed by atoms with Gasteiger partial charge in [-0.05, 0) is 23.6 Å². The highest BCUT2D eigenvalue weighted by Crippen LogP contribution is 2.32. The van der Waals surface area contributed by atoms with Crippen molar-refractivity contribution in [3.63, 3.8) is 0 Å². The minimum absolute atomic E-state index is 0.436. The number of oxazole rings is 1. The van der Waals surface area contributed by atoms with Gasteiger partial charge in [0.2, 0.25) is 5.89 Å². The molecule has 0 saturated carbocycles. The van der Waals surface area contributed by atoms with E-state index in [9.17, 15) is 0 Å². The Morgan fingerprint density at radius 3 is 2.55 bits per heavy atom. The van der Waals surface area contributed by atoms with E-state index in [1.807, 2.05) is 12.3 Å². The largest absolute Gasteiger partial charge is 0.435 e. The second-order valence-electron chi connectivity index (χ2n) is 5.62. The first-order chi connectivity index (χ1) is 9.54. The summed E-state index contributed by atoms with van der Waals surface area (Å²) in [5.74, 6) is 1.60. The second kappa shape index (κ2) is 5.02. The lowest BCUT2D eigenvalue weighted by molar-refractivity contribution is 0.620. The fourth-order valence-corrected chi connectivity index (χ4v) is 2.91. The molecular formula is C16H18N2OS. The topological polar surface area (TPSA) is 38.9 Å². The maximum absolute atomic E-state index is 5.90. The average Bonchev–Trinajstić information content (AvgIpc) is 3.04. The molecule has 0 bridgehead atoms. The Hall–Kier alpha value is -1.68. The molecule has 0 atom stereocenters. The lowest BCUT2D eigenvalue weighted by atomic mass is 10.0. The van der Waals surface area contributed by atoms with Gasteiger partial charge in [-0.2, -0.15) is 0 Å². The van der Waals surface area contributed by atoms with Gasteiger partial charge in [-0.15, -0.1) is 11.3 Å². The van der Waals surface area contributed by atoms with E-state index in [-0.39, 0.29) is 0 Å². The molecule has 0 saturated heterocycles.